The maximum absolute atomic E-state index is 14.3. The van der Waals surface area contributed by atoms with E-state index >= 15 is 0 Å². The van der Waals surface area contributed by atoms with Crippen LogP contribution in [-0.2, 0) is 17.9 Å². The standard InChI is InChI=1S/C24H18F2N6O4/c25-15-4-1-13(2-5-15)9-28-24(35)19-8-18(31-22-16(26)11-29-32(19)22)23(34)27-10-14-3-6-20-17(7-14)30-21(33)12-36-20/h1-8,11H,9-10,12H2,(H,27,34)(H,28,35)(H,30,33). The predicted molar refractivity (Wildman–Crippen MR) is 122 cm³/mol. The number of nitrogens with one attached hydrogen (secondary N) is 3. The summed E-state index contributed by atoms with van der Waals surface area (Å²) >= 11 is 0. The highest BCUT2D eigenvalue weighted by Crippen LogP contribution is 2.28. The van der Waals surface area contributed by atoms with E-state index in [2.05, 4.69) is 26.0 Å². The van der Waals surface area contributed by atoms with Crippen molar-refractivity contribution < 1.29 is 27.9 Å². The number of carbonyl (C=O) groups excluding carboxylic acids is 3. The van der Waals surface area contributed by atoms with Gasteiger partial charge in [0.1, 0.15) is 23.0 Å². The largest absolute Gasteiger partial charge is 0.482 e. The highest BCUT2D eigenvalue weighted by atomic mass is 19.1. The summed E-state index contributed by atoms with van der Waals surface area (Å²) in [5, 5.41) is 11.8. The van der Waals surface area contributed by atoms with Crippen molar-refractivity contribution in [3.05, 3.63) is 88.9 Å². The molecule has 1 aliphatic rings. The first-order valence-corrected chi connectivity index (χ1v) is 10.8. The second kappa shape index (κ2) is 9.41. The van der Waals surface area contributed by atoms with Crippen molar-refractivity contribution in [2.75, 3.05) is 11.9 Å². The number of hydrogen-bond acceptors (Lipinski definition) is 6. The lowest BCUT2D eigenvalue weighted by Gasteiger charge is -2.18. The van der Waals surface area contributed by atoms with Crippen LogP contribution in [0.5, 0.6) is 5.75 Å². The van der Waals surface area contributed by atoms with Crippen LogP contribution in [0.15, 0.2) is 54.7 Å². The van der Waals surface area contributed by atoms with E-state index in [1.54, 1.807) is 18.2 Å². The Morgan fingerprint density at radius 1 is 1.00 bits per heavy atom. The monoisotopic (exact) mass is 492 g/mol. The minimum Gasteiger partial charge on any atom is -0.482 e. The summed E-state index contributed by atoms with van der Waals surface area (Å²) in [4.78, 5) is 41.2. The summed E-state index contributed by atoms with van der Waals surface area (Å²) in [5.41, 5.74) is 1.21. The van der Waals surface area contributed by atoms with Gasteiger partial charge in [-0.3, -0.25) is 14.4 Å². The van der Waals surface area contributed by atoms with Gasteiger partial charge in [-0.25, -0.2) is 18.3 Å². The molecule has 36 heavy (non-hydrogen) atoms. The Balaban J connectivity index is 1.34. The Kier molecular flexibility index (Phi) is 5.98. The Hall–Kier alpha value is -4.87. The number of amides is 3. The second-order valence-corrected chi connectivity index (χ2v) is 7.91. The third kappa shape index (κ3) is 4.69. The van der Waals surface area contributed by atoms with Crippen molar-refractivity contribution in [1.29, 1.82) is 0 Å². The van der Waals surface area contributed by atoms with E-state index in [1.807, 2.05) is 0 Å². The quantitative estimate of drug-likeness (QED) is 0.379. The first kappa shape index (κ1) is 22.9. The predicted octanol–water partition coefficient (Wildman–Crippen LogP) is 2.20. The number of anilines is 1. The molecule has 2 aromatic heterocycles. The molecule has 3 N–H and O–H groups in total. The number of halogens is 2. The minimum absolute atomic E-state index is 0.0673. The van der Waals surface area contributed by atoms with Crippen molar-refractivity contribution in [2.24, 2.45) is 0 Å². The van der Waals surface area contributed by atoms with Crippen LogP contribution < -0.4 is 20.7 Å². The van der Waals surface area contributed by atoms with Gasteiger partial charge in [-0.2, -0.15) is 5.10 Å². The molecule has 182 valence electrons. The highest BCUT2D eigenvalue weighted by molar-refractivity contribution is 5.98. The number of benzene rings is 2. The summed E-state index contributed by atoms with van der Waals surface area (Å²) in [5.74, 6) is -2.25. The second-order valence-electron chi connectivity index (χ2n) is 7.91. The molecule has 0 radical (unpaired) electrons. The molecule has 0 spiro atoms. The number of hydrogen-bond donors (Lipinski definition) is 3. The lowest BCUT2D eigenvalue weighted by molar-refractivity contribution is -0.118. The molecule has 0 atom stereocenters. The first-order valence-electron chi connectivity index (χ1n) is 10.8. The topological polar surface area (TPSA) is 127 Å². The molecule has 0 saturated heterocycles. The first-order chi connectivity index (χ1) is 17.4. The number of fused-ring (bicyclic) bond motifs is 2. The minimum atomic E-state index is -0.803. The molecule has 0 aliphatic carbocycles. The van der Waals surface area contributed by atoms with Crippen molar-refractivity contribution in [1.82, 2.24) is 25.2 Å². The fraction of sp³-hybridized carbons (Fsp3) is 0.125. The van der Waals surface area contributed by atoms with E-state index < -0.39 is 23.4 Å². The molecule has 10 nitrogen and oxygen atoms in total. The van der Waals surface area contributed by atoms with Crippen molar-refractivity contribution in [3.8, 4) is 5.75 Å². The van der Waals surface area contributed by atoms with E-state index in [-0.39, 0.29) is 42.6 Å². The number of aromatic nitrogens is 3. The maximum atomic E-state index is 14.3. The molecule has 0 saturated carbocycles. The molecule has 0 unspecified atom stereocenters. The normalized spacial score (nSPS) is 12.4. The van der Waals surface area contributed by atoms with Crippen LogP contribution in [0, 0.1) is 11.6 Å². The van der Waals surface area contributed by atoms with Crippen molar-refractivity contribution in [3.63, 3.8) is 0 Å². The van der Waals surface area contributed by atoms with Crippen molar-refractivity contribution in [2.45, 2.75) is 13.1 Å². The summed E-state index contributed by atoms with van der Waals surface area (Å²) < 4.78 is 33.7. The zero-order chi connectivity index (χ0) is 25.2. The highest BCUT2D eigenvalue weighted by Gasteiger charge is 2.21. The van der Waals surface area contributed by atoms with Gasteiger partial charge in [0.15, 0.2) is 18.1 Å². The molecule has 1 aliphatic heterocycles. The van der Waals surface area contributed by atoms with Gasteiger partial charge in [-0.1, -0.05) is 18.2 Å². The molecule has 4 aromatic rings. The van der Waals surface area contributed by atoms with Crippen LogP contribution in [0.3, 0.4) is 0 Å². The van der Waals surface area contributed by atoms with Crippen LogP contribution in [0.2, 0.25) is 0 Å². The van der Waals surface area contributed by atoms with Crippen LogP contribution >= 0.6 is 0 Å². The fourth-order valence-corrected chi connectivity index (χ4v) is 3.60. The van der Waals surface area contributed by atoms with Gasteiger partial charge in [0, 0.05) is 19.2 Å². The molecule has 5 rings (SSSR count). The Bertz CT molecular complexity index is 1500. The van der Waals surface area contributed by atoms with Gasteiger partial charge in [0.25, 0.3) is 17.7 Å². The Labute approximate surface area is 202 Å². The van der Waals surface area contributed by atoms with Crippen LogP contribution in [-0.4, -0.2) is 38.9 Å². The molecule has 0 bridgehead atoms. The lowest BCUT2D eigenvalue weighted by atomic mass is 10.1. The zero-order valence-corrected chi connectivity index (χ0v) is 18.5. The number of rotatable bonds is 6. The number of carbonyl (C=O) groups is 3. The molecular formula is C24H18F2N6O4. The van der Waals surface area contributed by atoms with Crippen molar-refractivity contribution >= 4 is 29.1 Å². The number of nitrogens with zero attached hydrogens (tertiary/aromatic N) is 3. The van der Waals surface area contributed by atoms with Crippen LogP contribution in [0.1, 0.15) is 32.1 Å². The third-order valence-corrected chi connectivity index (χ3v) is 5.39. The SMILES string of the molecule is O=C1COc2ccc(CNC(=O)c3cc(C(=O)NCc4ccc(F)cc4)n4ncc(F)c4n3)cc2N1. The molecule has 3 heterocycles. The van der Waals surface area contributed by atoms with Gasteiger partial charge >= 0.3 is 0 Å². The summed E-state index contributed by atoms with van der Waals surface area (Å²) in [6.45, 7) is 0.0810. The van der Waals surface area contributed by atoms with Crippen LogP contribution in [0.4, 0.5) is 14.5 Å². The van der Waals surface area contributed by atoms with E-state index in [0.717, 1.165) is 10.7 Å². The molecule has 2 aromatic carbocycles. The summed E-state index contributed by atoms with van der Waals surface area (Å²) in [6.07, 6.45) is 0.893. The Morgan fingerprint density at radius 3 is 2.53 bits per heavy atom. The molecular weight excluding hydrogens is 474 g/mol. The average Bonchev–Trinajstić information content (AvgIpc) is 3.26. The fourth-order valence-electron chi connectivity index (χ4n) is 3.60. The van der Waals surface area contributed by atoms with Crippen LogP contribution in [0.25, 0.3) is 5.65 Å². The summed E-state index contributed by atoms with van der Waals surface area (Å²) in [7, 11) is 0. The molecule has 0 fully saturated rings. The Morgan fingerprint density at radius 2 is 1.72 bits per heavy atom. The molecule has 12 heteroatoms. The van der Waals surface area contributed by atoms with E-state index in [9.17, 15) is 23.2 Å². The van der Waals surface area contributed by atoms with E-state index in [4.69, 9.17) is 4.74 Å². The van der Waals surface area contributed by atoms with Gasteiger partial charge in [0.2, 0.25) is 0 Å². The number of ether oxygens (including phenoxy) is 1. The smallest absolute Gasteiger partial charge is 0.270 e. The average molecular weight is 492 g/mol. The zero-order valence-electron chi connectivity index (χ0n) is 18.5. The van der Waals surface area contributed by atoms with Gasteiger partial charge in [-0.15, -0.1) is 0 Å². The van der Waals surface area contributed by atoms with Gasteiger partial charge < -0.3 is 20.7 Å². The van der Waals surface area contributed by atoms with E-state index in [1.165, 1.54) is 30.3 Å². The van der Waals surface area contributed by atoms with Gasteiger partial charge in [0.05, 0.1) is 11.9 Å². The molecule has 3 amide bonds. The maximum Gasteiger partial charge on any atom is 0.270 e. The van der Waals surface area contributed by atoms with Gasteiger partial charge in [-0.05, 0) is 35.4 Å². The lowest BCUT2D eigenvalue weighted by Crippen LogP contribution is -2.29. The van der Waals surface area contributed by atoms with E-state index in [0.29, 0.717) is 22.6 Å². The summed E-state index contributed by atoms with van der Waals surface area (Å²) in [6, 6.07) is 11.8. The third-order valence-electron chi connectivity index (χ3n) is 5.39.